The Balaban J connectivity index is 2.09. The molecule has 2 rings (SSSR count). The molecule has 0 saturated heterocycles. The molecule has 2 aromatic carbocycles. The predicted octanol–water partition coefficient (Wildman–Crippen LogP) is 2.61. The van der Waals surface area contributed by atoms with E-state index in [9.17, 15) is 14.7 Å². The molecule has 0 spiro atoms. The van der Waals surface area contributed by atoms with Crippen LogP contribution in [0.25, 0.3) is 0 Å². The first-order valence-corrected chi connectivity index (χ1v) is 6.82. The van der Waals surface area contributed by atoms with Gasteiger partial charge in [0.2, 0.25) is 0 Å². The summed E-state index contributed by atoms with van der Waals surface area (Å²) >= 11 is 0. The number of hydrogen-bond donors (Lipinski definition) is 3. The van der Waals surface area contributed by atoms with Crippen molar-refractivity contribution in [2.24, 2.45) is 0 Å². The maximum atomic E-state index is 11.4. The second-order valence-electron chi connectivity index (χ2n) is 5.07. The zero-order valence-electron chi connectivity index (χ0n) is 12.1. The van der Waals surface area contributed by atoms with Crippen molar-refractivity contribution in [2.75, 3.05) is 0 Å². The van der Waals surface area contributed by atoms with Crippen molar-refractivity contribution < 1.29 is 19.8 Å². The quantitative estimate of drug-likeness (QED) is 0.763. The number of aryl methyl sites for hydroxylation is 1. The van der Waals surface area contributed by atoms with Gasteiger partial charge in [-0.05, 0) is 30.2 Å². The summed E-state index contributed by atoms with van der Waals surface area (Å²) in [6, 6.07) is 12.9. The van der Waals surface area contributed by atoms with Gasteiger partial charge < -0.3 is 10.2 Å². The van der Waals surface area contributed by atoms with Crippen molar-refractivity contribution in [3.05, 3.63) is 70.8 Å². The first-order chi connectivity index (χ1) is 10.5. The molecule has 0 aromatic heterocycles. The van der Waals surface area contributed by atoms with Crippen LogP contribution in [0.1, 0.15) is 33.1 Å². The number of benzene rings is 2. The summed E-state index contributed by atoms with van der Waals surface area (Å²) in [6.45, 7) is 2.25. The lowest BCUT2D eigenvalue weighted by atomic mass is 10.0. The van der Waals surface area contributed by atoms with Gasteiger partial charge in [0.05, 0.1) is 5.56 Å². The van der Waals surface area contributed by atoms with E-state index in [1.165, 1.54) is 12.1 Å². The molecule has 0 aliphatic carbocycles. The van der Waals surface area contributed by atoms with Crippen molar-refractivity contribution in [3.8, 4) is 0 Å². The van der Waals surface area contributed by atoms with Crippen LogP contribution in [0, 0.1) is 6.92 Å². The largest absolute Gasteiger partial charge is 0.480 e. The number of carbonyl (C=O) groups is 2. The van der Waals surface area contributed by atoms with E-state index < -0.39 is 18.0 Å². The molecule has 0 fully saturated rings. The number of rotatable bonds is 6. The highest BCUT2D eigenvalue weighted by Gasteiger charge is 2.19. The highest BCUT2D eigenvalue weighted by atomic mass is 16.4. The molecule has 114 valence electrons. The van der Waals surface area contributed by atoms with Crippen molar-refractivity contribution in [1.29, 1.82) is 0 Å². The fraction of sp³-hybridized carbons (Fsp3) is 0.176. The summed E-state index contributed by atoms with van der Waals surface area (Å²) in [7, 11) is 0. The Morgan fingerprint density at radius 3 is 2.32 bits per heavy atom. The Bertz CT molecular complexity index is 679. The molecule has 0 aliphatic heterocycles. The average molecular weight is 299 g/mol. The second-order valence-corrected chi connectivity index (χ2v) is 5.07. The fourth-order valence-electron chi connectivity index (χ4n) is 2.18. The molecule has 0 saturated carbocycles. The monoisotopic (exact) mass is 299 g/mol. The first-order valence-electron chi connectivity index (χ1n) is 6.82. The summed E-state index contributed by atoms with van der Waals surface area (Å²) in [5.41, 5.74) is 2.71. The molecule has 2 aromatic rings. The van der Waals surface area contributed by atoms with Crippen LogP contribution in [0.3, 0.4) is 0 Å². The maximum Gasteiger partial charge on any atom is 0.335 e. The van der Waals surface area contributed by atoms with Gasteiger partial charge in [0, 0.05) is 6.54 Å². The Labute approximate surface area is 128 Å². The number of nitrogens with one attached hydrogen (secondary N) is 1. The van der Waals surface area contributed by atoms with E-state index in [0.717, 1.165) is 11.1 Å². The number of aliphatic carboxylic acids is 1. The molecule has 22 heavy (non-hydrogen) atoms. The predicted molar refractivity (Wildman–Crippen MR) is 81.8 cm³/mol. The smallest absolute Gasteiger partial charge is 0.335 e. The zero-order valence-corrected chi connectivity index (χ0v) is 12.1. The standard InChI is InChI=1S/C17H17NO4/c1-11-3-2-4-14(9-11)15(17(21)22)18-10-12-5-7-13(8-6-12)16(19)20/h2-9,15,18H,10H2,1H3,(H,19,20)(H,21,22). The third-order valence-electron chi connectivity index (χ3n) is 3.33. The van der Waals surface area contributed by atoms with Crippen LogP contribution < -0.4 is 5.32 Å². The van der Waals surface area contributed by atoms with Gasteiger partial charge >= 0.3 is 11.9 Å². The van der Waals surface area contributed by atoms with Gasteiger partial charge in [-0.25, -0.2) is 4.79 Å². The highest BCUT2D eigenvalue weighted by molar-refractivity contribution is 5.87. The Hall–Kier alpha value is -2.66. The number of carboxylic acid groups (broad SMARTS) is 2. The van der Waals surface area contributed by atoms with Crippen LogP contribution in [-0.2, 0) is 11.3 Å². The molecule has 3 N–H and O–H groups in total. The molecular formula is C17H17NO4. The summed E-state index contributed by atoms with van der Waals surface area (Å²) in [4.78, 5) is 22.2. The van der Waals surface area contributed by atoms with E-state index in [-0.39, 0.29) is 5.56 Å². The third kappa shape index (κ3) is 3.93. The molecule has 1 atom stereocenters. The Kier molecular flexibility index (Phi) is 4.91. The van der Waals surface area contributed by atoms with Gasteiger partial charge in [-0.1, -0.05) is 42.0 Å². The first kappa shape index (κ1) is 15.7. The van der Waals surface area contributed by atoms with Crippen molar-refractivity contribution in [2.45, 2.75) is 19.5 Å². The molecule has 0 aliphatic rings. The lowest BCUT2D eigenvalue weighted by Crippen LogP contribution is -2.28. The van der Waals surface area contributed by atoms with Gasteiger partial charge in [-0.2, -0.15) is 0 Å². The minimum Gasteiger partial charge on any atom is -0.480 e. The number of carboxylic acids is 2. The molecule has 5 heteroatoms. The Morgan fingerprint density at radius 1 is 1.09 bits per heavy atom. The molecule has 0 amide bonds. The molecular weight excluding hydrogens is 282 g/mol. The lowest BCUT2D eigenvalue weighted by molar-refractivity contribution is -0.139. The van der Waals surface area contributed by atoms with Crippen LogP contribution in [0.2, 0.25) is 0 Å². The van der Waals surface area contributed by atoms with E-state index in [0.29, 0.717) is 12.1 Å². The van der Waals surface area contributed by atoms with E-state index in [1.807, 2.05) is 25.1 Å². The molecule has 0 heterocycles. The topological polar surface area (TPSA) is 86.6 Å². The fourth-order valence-corrected chi connectivity index (χ4v) is 2.18. The second kappa shape index (κ2) is 6.87. The van der Waals surface area contributed by atoms with Crippen LogP contribution in [-0.4, -0.2) is 22.2 Å². The third-order valence-corrected chi connectivity index (χ3v) is 3.33. The maximum absolute atomic E-state index is 11.4. The minimum atomic E-state index is -0.984. The summed E-state index contributed by atoms with van der Waals surface area (Å²) in [6.07, 6.45) is 0. The van der Waals surface area contributed by atoms with Gasteiger partial charge in [-0.3, -0.25) is 10.1 Å². The van der Waals surface area contributed by atoms with E-state index in [1.54, 1.807) is 18.2 Å². The normalized spacial score (nSPS) is 11.9. The number of hydrogen-bond acceptors (Lipinski definition) is 3. The van der Waals surface area contributed by atoms with Crippen LogP contribution in [0.15, 0.2) is 48.5 Å². The van der Waals surface area contributed by atoms with Crippen molar-refractivity contribution >= 4 is 11.9 Å². The zero-order chi connectivity index (χ0) is 16.1. The van der Waals surface area contributed by atoms with E-state index in [2.05, 4.69) is 5.32 Å². The molecule has 5 nitrogen and oxygen atoms in total. The summed E-state index contributed by atoms with van der Waals surface area (Å²) in [5, 5.41) is 21.2. The van der Waals surface area contributed by atoms with Gasteiger partial charge in [0.25, 0.3) is 0 Å². The minimum absolute atomic E-state index is 0.206. The van der Waals surface area contributed by atoms with E-state index in [4.69, 9.17) is 5.11 Å². The van der Waals surface area contributed by atoms with Crippen LogP contribution in [0.5, 0.6) is 0 Å². The molecule has 0 radical (unpaired) electrons. The summed E-state index contributed by atoms with van der Waals surface area (Å²) in [5.74, 6) is -1.93. The van der Waals surface area contributed by atoms with Crippen LogP contribution >= 0.6 is 0 Å². The lowest BCUT2D eigenvalue weighted by Gasteiger charge is -2.15. The van der Waals surface area contributed by atoms with Gasteiger partial charge in [0.1, 0.15) is 6.04 Å². The van der Waals surface area contributed by atoms with Crippen LogP contribution in [0.4, 0.5) is 0 Å². The SMILES string of the molecule is Cc1cccc(C(NCc2ccc(C(=O)O)cc2)C(=O)O)c1. The molecule has 0 bridgehead atoms. The van der Waals surface area contributed by atoms with Gasteiger partial charge in [0.15, 0.2) is 0 Å². The number of aromatic carboxylic acids is 1. The van der Waals surface area contributed by atoms with E-state index >= 15 is 0 Å². The van der Waals surface area contributed by atoms with Crippen molar-refractivity contribution in [3.63, 3.8) is 0 Å². The average Bonchev–Trinajstić information content (AvgIpc) is 2.47. The van der Waals surface area contributed by atoms with Gasteiger partial charge in [-0.15, -0.1) is 0 Å². The summed E-state index contributed by atoms with van der Waals surface area (Å²) < 4.78 is 0. The molecule has 1 unspecified atom stereocenters. The highest BCUT2D eigenvalue weighted by Crippen LogP contribution is 2.16. The van der Waals surface area contributed by atoms with Crippen molar-refractivity contribution in [1.82, 2.24) is 5.32 Å². The Morgan fingerprint density at radius 2 is 1.77 bits per heavy atom.